The highest BCUT2D eigenvalue weighted by Gasteiger charge is 2.43. The summed E-state index contributed by atoms with van der Waals surface area (Å²) in [5.74, 6) is -0.252. The summed E-state index contributed by atoms with van der Waals surface area (Å²) in [6, 6.07) is 8.86. The van der Waals surface area contributed by atoms with Crippen LogP contribution >= 0.6 is 0 Å². The van der Waals surface area contributed by atoms with Crippen molar-refractivity contribution < 1.29 is 4.79 Å². The van der Waals surface area contributed by atoms with Crippen LogP contribution in [0.5, 0.6) is 0 Å². The molecule has 2 rings (SSSR count). The van der Waals surface area contributed by atoms with Crippen molar-refractivity contribution >= 4 is 5.91 Å². The number of likely N-dealkylation sites (N-methyl/N-ethyl adjacent to an activating group) is 1. The number of benzene rings is 1. The Labute approximate surface area is 109 Å². The molecule has 0 radical (unpaired) electrons. The van der Waals surface area contributed by atoms with Crippen molar-refractivity contribution in [3.8, 4) is 0 Å². The number of carbonyl (C=O) groups excluding carboxylic acids is 1. The van der Waals surface area contributed by atoms with E-state index in [1.807, 2.05) is 11.9 Å². The molecule has 0 saturated heterocycles. The van der Waals surface area contributed by atoms with E-state index in [4.69, 9.17) is 5.73 Å². The van der Waals surface area contributed by atoms with Crippen LogP contribution in [0.25, 0.3) is 0 Å². The number of primary amides is 1. The van der Waals surface area contributed by atoms with Crippen molar-refractivity contribution in [1.29, 1.82) is 0 Å². The Morgan fingerprint density at radius 2 is 1.94 bits per heavy atom. The van der Waals surface area contributed by atoms with E-state index in [0.717, 1.165) is 13.0 Å². The Morgan fingerprint density at radius 1 is 1.33 bits per heavy atom. The van der Waals surface area contributed by atoms with Crippen LogP contribution in [0.4, 0.5) is 0 Å². The SMILES string of the molecule is Cc1ccc(C2(CCN(C)CC(N)=O)CC2)cc1. The monoisotopic (exact) mass is 246 g/mol. The van der Waals surface area contributed by atoms with Crippen molar-refractivity contribution in [2.75, 3.05) is 20.1 Å². The highest BCUT2D eigenvalue weighted by molar-refractivity contribution is 5.75. The Kier molecular flexibility index (Phi) is 3.71. The summed E-state index contributed by atoms with van der Waals surface area (Å²) in [7, 11) is 1.95. The van der Waals surface area contributed by atoms with Gasteiger partial charge < -0.3 is 5.73 Å². The molecule has 1 fully saturated rings. The third kappa shape index (κ3) is 3.10. The summed E-state index contributed by atoms with van der Waals surface area (Å²) in [6.07, 6.45) is 3.64. The molecule has 1 aromatic carbocycles. The van der Waals surface area contributed by atoms with E-state index in [9.17, 15) is 4.79 Å². The second kappa shape index (κ2) is 5.11. The lowest BCUT2D eigenvalue weighted by molar-refractivity contribution is -0.118. The topological polar surface area (TPSA) is 46.3 Å². The molecule has 0 bridgehead atoms. The molecule has 2 N–H and O–H groups in total. The molecule has 0 spiro atoms. The van der Waals surface area contributed by atoms with E-state index in [-0.39, 0.29) is 5.91 Å². The molecule has 1 aliphatic rings. The van der Waals surface area contributed by atoms with Gasteiger partial charge in [0.25, 0.3) is 0 Å². The molecule has 0 heterocycles. The molecule has 3 heteroatoms. The fourth-order valence-corrected chi connectivity index (χ4v) is 2.49. The minimum absolute atomic E-state index is 0.252. The lowest BCUT2D eigenvalue weighted by atomic mass is 9.91. The Hall–Kier alpha value is -1.35. The molecule has 0 aromatic heterocycles. The average Bonchev–Trinajstić information content (AvgIpc) is 3.08. The van der Waals surface area contributed by atoms with Gasteiger partial charge >= 0.3 is 0 Å². The fourth-order valence-electron chi connectivity index (χ4n) is 2.49. The molecular weight excluding hydrogens is 224 g/mol. The highest BCUT2D eigenvalue weighted by Crippen LogP contribution is 2.51. The summed E-state index contributed by atoms with van der Waals surface area (Å²) in [5.41, 5.74) is 8.31. The summed E-state index contributed by atoms with van der Waals surface area (Å²) >= 11 is 0. The van der Waals surface area contributed by atoms with E-state index >= 15 is 0 Å². The van der Waals surface area contributed by atoms with E-state index in [0.29, 0.717) is 12.0 Å². The fraction of sp³-hybridized carbons (Fsp3) is 0.533. The van der Waals surface area contributed by atoms with Crippen molar-refractivity contribution in [3.63, 3.8) is 0 Å². The molecule has 1 aromatic rings. The summed E-state index contributed by atoms with van der Waals surface area (Å²) in [6.45, 7) is 3.39. The second-order valence-corrected chi connectivity index (χ2v) is 5.60. The van der Waals surface area contributed by atoms with Crippen LogP contribution < -0.4 is 5.73 Å². The van der Waals surface area contributed by atoms with Crippen molar-refractivity contribution in [3.05, 3.63) is 35.4 Å². The van der Waals surface area contributed by atoms with Crippen LogP contribution in [-0.4, -0.2) is 30.9 Å². The van der Waals surface area contributed by atoms with Crippen LogP contribution in [0, 0.1) is 6.92 Å². The van der Waals surface area contributed by atoms with E-state index in [1.54, 1.807) is 0 Å². The van der Waals surface area contributed by atoms with Gasteiger partial charge in [0.1, 0.15) is 0 Å². The van der Waals surface area contributed by atoms with Crippen molar-refractivity contribution in [2.45, 2.75) is 31.6 Å². The van der Waals surface area contributed by atoms with Crippen LogP contribution in [0.1, 0.15) is 30.4 Å². The minimum atomic E-state index is -0.252. The molecule has 98 valence electrons. The maximum Gasteiger partial charge on any atom is 0.231 e. The first kappa shape index (κ1) is 13.1. The zero-order chi connectivity index (χ0) is 13.2. The summed E-state index contributed by atoms with van der Waals surface area (Å²) in [5, 5.41) is 0. The number of nitrogens with zero attached hydrogens (tertiary/aromatic N) is 1. The van der Waals surface area contributed by atoms with E-state index < -0.39 is 0 Å². The number of amides is 1. The van der Waals surface area contributed by atoms with Gasteiger partial charge in [0.15, 0.2) is 0 Å². The second-order valence-electron chi connectivity index (χ2n) is 5.60. The normalized spacial score (nSPS) is 16.8. The van der Waals surface area contributed by atoms with Crippen molar-refractivity contribution in [1.82, 2.24) is 4.90 Å². The number of hydrogen-bond donors (Lipinski definition) is 1. The molecule has 1 amide bonds. The summed E-state index contributed by atoms with van der Waals surface area (Å²) in [4.78, 5) is 12.8. The first-order valence-electron chi connectivity index (χ1n) is 6.56. The van der Waals surface area contributed by atoms with E-state index in [2.05, 4.69) is 31.2 Å². The number of nitrogens with two attached hydrogens (primary N) is 1. The van der Waals surface area contributed by atoms with Gasteiger partial charge in [0, 0.05) is 0 Å². The highest BCUT2D eigenvalue weighted by atomic mass is 16.1. The quantitative estimate of drug-likeness (QED) is 0.832. The van der Waals surface area contributed by atoms with Crippen LogP contribution in [0.2, 0.25) is 0 Å². The molecule has 1 aliphatic carbocycles. The lowest BCUT2D eigenvalue weighted by Crippen LogP contribution is -2.32. The molecule has 0 atom stereocenters. The average molecular weight is 246 g/mol. The molecule has 18 heavy (non-hydrogen) atoms. The van der Waals surface area contributed by atoms with Gasteiger partial charge in [-0.25, -0.2) is 0 Å². The molecule has 3 nitrogen and oxygen atoms in total. The number of hydrogen-bond acceptors (Lipinski definition) is 2. The van der Waals surface area contributed by atoms with Gasteiger partial charge in [-0.3, -0.25) is 9.69 Å². The van der Waals surface area contributed by atoms with Gasteiger partial charge in [-0.15, -0.1) is 0 Å². The van der Waals surface area contributed by atoms with Crippen LogP contribution in [0.3, 0.4) is 0 Å². The van der Waals surface area contributed by atoms with Crippen molar-refractivity contribution in [2.24, 2.45) is 5.73 Å². The molecule has 0 unspecified atom stereocenters. The first-order valence-corrected chi connectivity index (χ1v) is 6.56. The van der Waals surface area contributed by atoms with Crippen LogP contribution in [0.15, 0.2) is 24.3 Å². The van der Waals surface area contributed by atoms with E-state index in [1.165, 1.54) is 24.0 Å². The van der Waals surface area contributed by atoms with Gasteiger partial charge in [-0.2, -0.15) is 0 Å². The third-order valence-corrected chi connectivity index (χ3v) is 3.92. The minimum Gasteiger partial charge on any atom is -0.369 e. The molecular formula is C15H22N2O. The zero-order valence-corrected chi connectivity index (χ0v) is 11.3. The van der Waals surface area contributed by atoms with Gasteiger partial charge in [0.2, 0.25) is 5.91 Å². The predicted molar refractivity (Wildman–Crippen MR) is 73.4 cm³/mol. The number of aryl methyl sites for hydroxylation is 1. The maximum atomic E-state index is 10.8. The summed E-state index contributed by atoms with van der Waals surface area (Å²) < 4.78 is 0. The number of carbonyl (C=O) groups is 1. The largest absolute Gasteiger partial charge is 0.369 e. The Bertz CT molecular complexity index is 421. The van der Waals surface area contributed by atoms with Crippen LogP contribution in [-0.2, 0) is 10.2 Å². The Morgan fingerprint density at radius 3 is 2.44 bits per heavy atom. The smallest absolute Gasteiger partial charge is 0.231 e. The standard InChI is InChI=1S/C15H22N2O/c1-12-3-5-13(6-4-12)15(7-8-15)9-10-17(2)11-14(16)18/h3-6H,7-11H2,1-2H3,(H2,16,18). The lowest BCUT2D eigenvalue weighted by Gasteiger charge is -2.20. The maximum absolute atomic E-state index is 10.8. The van der Waals surface area contributed by atoms with Gasteiger partial charge in [-0.05, 0) is 50.8 Å². The predicted octanol–water partition coefficient (Wildman–Crippen LogP) is 1.83. The number of rotatable bonds is 6. The Balaban J connectivity index is 1.92. The zero-order valence-electron chi connectivity index (χ0n) is 11.3. The molecule has 0 aliphatic heterocycles. The molecule has 1 saturated carbocycles. The third-order valence-electron chi connectivity index (χ3n) is 3.92. The first-order chi connectivity index (χ1) is 8.52. The van der Waals surface area contributed by atoms with Gasteiger partial charge in [0.05, 0.1) is 6.54 Å². The van der Waals surface area contributed by atoms with Gasteiger partial charge in [-0.1, -0.05) is 29.8 Å².